The molecule has 9 nitrogen and oxygen atoms in total. The minimum absolute atomic E-state index is 0.00659. The molecule has 0 bridgehead atoms. The molecule has 0 aromatic heterocycles. The second kappa shape index (κ2) is 14.7. The summed E-state index contributed by atoms with van der Waals surface area (Å²) in [5.74, 6) is -0.523. The fraction of sp³-hybridized carbons (Fsp3) is 0.737. The molecule has 0 saturated heterocycles. The Kier molecular flexibility index (Phi) is 13.5. The van der Waals surface area contributed by atoms with E-state index < -0.39 is 24.4 Å². The van der Waals surface area contributed by atoms with Crippen molar-refractivity contribution in [2.75, 3.05) is 26.4 Å². The minimum atomic E-state index is -0.905. The van der Waals surface area contributed by atoms with E-state index >= 15 is 0 Å². The van der Waals surface area contributed by atoms with Gasteiger partial charge in [-0.2, -0.15) is 0 Å². The van der Waals surface area contributed by atoms with Gasteiger partial charge in [-0.15, -0.1) is 0 Å². The third kappa shape index (κ3) is 13.0. The molecule has 0 amide bonds. The lowest BCUT2D eigenvalue weighted by molar-refractivity contribution is -0.141. The van der Waals surface area contributed by atoms with Crippen molar-refractivity contribution >= 4 is 18.3 Å². The number of carbonyl (C=O) groups is 3. The van der Waals surface area contributed by atoms with E-state index in [-0.39, 0.29) is 44.2 Å². The molecule has 0 N–H and O–H groups in total. The summed E-state index contributed by atoms with van der Waals surface area (Å²) < 4.78 is 30.3. The van der Waals surface area contributed by atoms with Crippen LogP contribution in [0.4, 0.5) is 9.59 Å². The van der Waals surface area contributed by atoms with Crippen molar-refractivity contribution in [1.82, 2.24) is 0 Å². The predicted molar refractivity (Wildman–Crippen MR) is 99.9 cm³/mol. The summed E-state index contributed by atoms with van der Waals surface area (Å²) in [5, 5.41) is 0. The van der Waals surface area contributed by atoms with Gasteiger partial charge in [-0.1, -0.05) is 20.4 Å². The van der Waals surface area contributed by atoms with Crippen molar-refractivity contribution < 1.29 is 42.8 Å². The average Bonchev–Trinajstić information content (AvgIpc) is 2.64. The second-order valence-corrected chi connectivity index (χ2v) is 6.22. The van der Waals surface area contributed by atoms with E-state index in [2.05, 4.69) is 6.58 Å². The molecule has 162 valence electrons. The van der Waals surface area contributed by atoms with Crippen LogP contribution >= 0.6 is 0 Å². The standard InChI is InChI=1S/C19H32O9/c1-7-14(5)26-18(21)25-12-16(28-19(22)27-15(6)8-2)11-23-9-10-24-17(20)13(3)4/h14-16H,3,7-12H2,1-2,4-6H3. The van der Waals surface area contributed by atoms with Gasteiger partial charge >= 0.3 is 18.3 Å². The Bertz CT molecular complexity index is 504. The number of ether oxygens (including phenoxy) is 6. The van der Waals surface area contributed by atoms with Gasteiger partial charge in [0.15, 0.2) is 6.10 Å². The van der Waals surface area contributed by atoms with Crippen molar-refractivity contribution in [1.29, 1.82) is 0 Å². The van der Waals surface area contributed by atoms with Crippen LogP contribution in [-0.4, -0.2) is 63.0 Å². The van der Waals surface area contributed by atoms with Gasteiger partial charge in [-0.3, -0.25) is 0 Å². The molecule has 0 spiro atoms. The first kappa shape index (κ1) is 25.7. The molecule has 28 heavy (non-hydrogen) atoms. The Hall–Kier alpha value is -2.29. The van der Waals surface area contributed by atoms with E-state index in [4.69, 9.17) is 28.4 Å². The van der Waals surface area contributed by atoms with Gasteiger partial charge < -0.3 is 28.4 Å². The predicted octanol–water partition coefficient (Wildman–Crippen LogP) is 3.39. The number of rotatable bonds is 13. The molecule has 0 radical (unpaired) electrons. The van der Waals surface area contributed by atoms with Crippen LogP contribution in [0.15, 0.2) is 12.2 Å². The second-order valence-electron chi connectivity index (χ2n) is 6.22. The molecule has 0 aliphatic rings. The van der Waals surface area contributed by atoms with Gasteiger partial charge in [0.2, 0.25) is 0 Å². The van der Waals surface area contributed by atoms with Gasteiger partial charge in [0, 0.05) is 5.57 Å². The zero-order valence-electron chi connectivity index (χ0n) is 17.4. The Labute approximate surface area is 166 Å². The van der Waals surface area contributed by atoms with E-state index in [1.165, 1.54) is 6.92 Å². The third-order valence-corrected chi connectivity index (χ3v) is 3.51. The van der Waals surface area contributed by atoms with Gasteiger partial charge in [-0.25, -0.2) is 14.4 Å². The molecule has 0 rings (SSSR count). The molecule has 0 aliphatic carbocycles. The molecule has 0 fully saturated rings. The zero-order valence-corrected chi connectivity index (χ0v) is 17.4. The maximum absolute atomic E-state index is 11.8. The van der Waals surface area contributed by atoms with Crippen molar-refractivity contribution in [3.8, 4) is 0 Å². The quantitative estimate of drug-likeness (QED) is 0.197. The summed E-state index contributed by atoms with van der Waals surface area (Å²) in [6.45, 7) is 11.9. The first-order valence-corrected chi connectivity index (χ1v) is 9.30. The summed E-state index contributed by atoms with van der Waals surface area (Å²) in [6.07, 6.45) is -2.00. The molecule has 0 aromatic carbocycles. The number of hydrogen-bond donors (Lipinski definition) is 0. The monoisotopic (exact) mass is 404 g/mol. The highest BCUT2D eigenvalue weighted by Gasteiger charge is 2.21. The average molecular weight is 404 g/mol. The van der Waals surface area contributed by atoms with Gasteiger partial charge in [-0.05, 0) is 33.6 Å². The first-order chi connectivity index (χ1) is 13.2. The molecule has 0 heterocycles. The van der Waals surface area contributed by atoms with Crippen molar-refractivity contribution in [2.24, 2.45) is 0 Å². The lowest BCUT2D eigenvalue weighted by Crippen LogP contribution is -2.32. The highest BCUT2D eigenvalue weighted by molar-refractivity contribution is 5.86. The normalized spacial score (nSPS) is 13.6. The largest absolute Gasteiger partial charge is 0.509 e. The highest BCUT2D eigenvalue weighted by atomic mass is 16.8. The SMILES string of the molecule is C=C(C)C(=O)OCCOCC(COC(=O)OC(C)CC)OC(=O)OC(C)CC. The molecule has 3 atom stereocenters. The number of hydrogen-bond acceptors (Lipinski definition) is 9. The maximum atomic E-state index is 11.8. The van der Waals surface area contributed by atoms with Crippen LogP contribution in [0.2, 0.25) is 0 Å². The van der Waals surface area contributed by atoms with Gasteiger partial charge in [0.25, 0.3) is 0 Å². The maximum Gasteiger partial charge on any atom is 0.509 e. The van der Waals surface area contributed by atoms with Crippen LogP contribution in [0.3, 0.4) is 0 Å². The summed E-state index contributed by atoms with van der Waals surface area (Å²) in [6, 6.07) is 0. The van der Waals surface area contributed by atoms with Gasteiger partial charge in [0.05, 0.1) is 13.2 Å². The summed E-state index contributed by atoms with van der Waals surface area (Å²) in [4.78, 5) is 34.7. The van der Waals surface area contributed by atoms with Crippen LogP contribution in [0.1, 0.15) is 47.5 Å². The fourth-order valence-corrected chi connectivity index (χ4v) is 1.50. The molecule has 3 unspecified atom stereocenters. The van der Waals surface area contributed by atoms with Crippen LogP contribution in [-0.2, 0) is 33.2 Å². The van der Waals surface area contributed by atoms with Crippen molar-refractivity contribution in [3.05, 3.63) is 12.2 Å². The topological polar surface area (TPSA) is 107 Å². The number of esters is 1. The molecular formula is C19H32O9. The van der Waals surface area contributed by atoms with E-state index in [1.54, 1.807) is 13.8 Å². The Morgan fingerprint density at radius 3 is 1.93 bits per heavy atom. The van der Waals surface area contributed by atoms with E-state index in [0.717, 1.165) is 0 Å². The highest BCUT2D eigenvalue weighted by Crippen LogP contribution is 2.05. The van der Waals surface area contributed by atoms with E-state index in [1.807, 2.05) is 13.8 Å². The molecule has 9 heteroatoms. The summed E-state index contributed by atoms with van der Waals surface area (Å²) in [7, 11) is 0. The van der Waals surface area contributed by atoms with Crippen molar-refractivity contribution in [2.45, 2.75) is 65.8 Å². The summed E-state index contributed by atoms with van der Waals surface area (Å²) in [5.41, 5.74) is 0.280. The van der Waals surface area contributed by atoms with Crippen molar-refractivity contribution in [3.63, 3.8) is 0 Å². The van der Waals surface area contributed by atoms with E-state index in [9.17, 15) is 14.4 Å². The Morgan fingerprint density at radius 2 is 1.39 bits per heavy atom. The fourth-order valence-electron chi connectivity index (χ4n) is 1.50. The zero-order chi connectivity index (χ0) is 21.5. The summed E-state index contributed by atoms with van der Waals surface area (Å²) >= 11 is 0. The number of carbonyl (C=O) groups excluding carboxylic acids is 3. The lowest BCUT2D eigenvalue weighted by atomic mass is 10.3. The lowest BCUT2D eigenvalue weighted by Gasteiger charge is -2.19. The molecule has 0 saturated carbocycles. The van der Waals surface area contributed by atoms with Crippen LogP contribution in [0.5, 0.6) is 0 Å². The minimum Gasteiger partial charge on any atom is -0.460 e. The van der Waals surface area contributed by atoms with Crippen LogP contribution in [0.25, 0.3) is 0 Å². The smallest absolute Gasteiger partial charge is 0.460 e. The third-order valence-electron chi connectivity index (χ3n) is 3.51. The van der Waals surface area contributed by atoms with Crippen LogP contribution in [0, 0.1) is 0 Å². The molecule has 0 aromatic rings. The van der Waals surface area contributed by atoms with E-state index in [0.29, 0.717) is 12.8 Å². The Morgan fingerprint density at radius 1 is 0.821 bits per heavy atom. The van der Waals surface area contributed by atoms with Gasteiger partial charge in [0.1, 0.15) is 25.4 Å². The Balaban J connectivity index is 4.45. The molecule has 0 aliphatic heterocycles. The van der Waals surface area contributed by atoms with Crippen LogP contribution < -0.4 is 0 Å². The molecular weight excluding hydrogens is 372 g/mol. The first-order valence-electron chi connectivity index (χ1n) is 9.30.